The highest BCUT2D eigenvalue weighted by atomic mass is 32.2. The normalized spacial score (nSPS) is 13.5. The van der Waals surface area contributed by atoms with Crippen LogP contribution in [-0.2, 0) is 14.8 Å². The molecule has 0 aromatic heterocycles. The second-order valence-corrected chi connectivity index (χ2v) is 6.00. The van der Waals surface area contributed by atoms with Crippen molar-refractivity contribution in [2.24, 2.45) is 0 Å². The lowest BCUT2D eigenvalue weighted by Gasteiger charge is -2.21. The molecule has 0 fully saturated rings. The van der Waals surface area contributed by atoms with Gasteiger partial charge < -0.3 is 9.84 Å². The van der Waals surface area contributed by atoms with Gasteiger partial charge in [-0.3, -0.25) is 4.79 Å². The Morgan fingerprint density at radius 2 is 1.95 bits per heavy atom. The summed E-state index contributed by atoms with van der Waals surface area (Å²) in [6.07, 6.45) is 0. The number of carboxylic acid groups (broad SMARTS) is 1. The minimum Gasteiger partial charge on any atom is -0.480 e. The molecule has 118 valence electrons. The summed E-state index contributed by atoms with van der Waals surface area (Å²) in [5.74, 6) is -3.50. The van der Waals surface area contributed by atoms with Crippen molar-refractivity contribution in [1.29, 1.82) is 0 Å². The van der Waals surface area contributed by atoms with E-state index >= 15 is 0 Å². The summed E-state index contributed by atoms with van der Waals surface area (Å²) in [6, 6.07) is 0.683. The molecule has 0 radical (unpaired) electrons. The van der Waals surface area contributed by atoms with Crippen molar-refractivity contribution >= 4 is 16.0 Å². The number of alkyl halides is 2. The third-order valence-corrected chi connectivity index (χ3v) is 4.62. The van der Waals surface area contributed by atoms with Gasteiger partial charge in [0, 0.05) is 7.05 Å². The monoisotopic (exact) mass is 327 g/mol. The number of hydrogen-bond acceptors (Lipinski definition) is 4. The Hall–Kier alpha value is -1.81. The topological polar surface area (TPSA) is 83.9 Å². The lowest BCUT2D eigenvalue weighted by atomic mass is 10.3. The predicted octanol–water partition coefficient (Wildman–Crippen LogP) is 1.52. The van der Waals surface area contributed by atoms with Crippen LogP contribution in [0.2, 0.25) is 0 Å². The van der Waals surface area contributed by atoms with E-state index < -0.39 is 45.1 Å². The van der Waals surface area contributed by atoms with Crippen molar-refractivity contribution < 1.29 is 36.2 Å². The van der Waals surface area contributed by atoms with E-state index in [1.54, 1.807) is 0 Å². The van der Waals surface area contributed by atoms with E-state index in [4.69, 9.17) is 5.11 Å². The molecule has 1 aromatic rings. The maximum atomic E-state index is 13.5. The second-order valence-electron chi connectivity index (χ2n) is 4.01. The number of benzene rings is 1. The molecule has 0 aliphatic carbocycles. The Balaban J connectivity index is 3.16. The lowest BCUT2D eigenvalue weighted by molar-refractivity contribution is -0.140. The summed E-state index contributed by atoms with van der Waals surface area (Å²) in [7, 11) is -3.27. The third-order valence-electron chi connectivity index (χ3n) is 2.70. The van der Waals surface area contributed by atoms with Crippen LogP contribution in [0, 0.1) is 5.82 Å². The summed E-state index contributed by atoms with van der Waals surface area (Å²) in [4.78, 5) is 10.2. The zero-order chi connectivity index (χ0) is 16.4. The molecule has 1 N–H and O–H groups in total. The maximum absolute atomic E-state index is 13.5. The largest absolute Gasteiger partial charge is 0.480 e. The van der Waals surface area contributed by atoms with Crippen molar-refractivity contribution in [3.8, 4) is 5.75 Å². The van der Waals surface area contributed by atoms with Crippen molar-refractivity contribution in [3.63, 3.8) is 0 Å². The molecule has 21 heavy (non-hydrogen) atoms. The van der Waals surface area contributed by atoms with Crippen LogP contribution >= 0.6 is 0 Å². The number of nitrogens with zero attached hydrogens (tertiary/aromatic N) is 1. The molecule has 0 saturated carbocycles. The van der Waals surface area contributed by atoms with Crippen LogP contribution in [0.15, 0.2) is 23.1 Å². The molecule has 6 nitrogen and oxygen atoms in total. The fraction of sp³-hybridized carbons (Fsp3) is 0.364. The number of halogens is 3. The number of rotatable bonds is 6. The lowest BCUT2D eigenvalue weighted by Crippen LogP contribution is -2.40. The van der Waals surface area contributed by atoms with E-state index in [0.29, 0.717) is 10.4 Å². The maximum Gasteiger partial charge on any atom is 0.387 e. The number of hydrogen-bond donors (Lipinski definition) is 1. The number of sulfonamides is 1. The molecular weight excluding hydrogens is 315 g/mol. The number of likely N-dealkylation sites (N-methyl/N-ethyl adjacent to an activating group) is 1. The van der Waals surface area contributed by atoms with Gasteiger partial charge in [-0.1, -0.05) is 0 Å². The van der Waals surface area contributed by atoms with Gasteiger partial charge in [-0.15, -0.1) is 0 Å². The molecule has 1 aromatic carbocycles. The smallest absolute Gasteiger partial charge is 0.387 e. The highest BCUT2D eigenvalue weighted by Crippen LogP contribution is 2.24. The first-order chi connectivity index (χ1) is 9.57. The van der Waals surface area contributed by atoms with E-state index in [9.17, 15) is 26.4 Å². The van der Waals surface area contributed by atoms with Crippen LogP contribution in [0.25, 0.3) is 0 Å². The van der Waals surface area contributed by atoms with Gasteiger partial charge in [-0.05, 0) is 25.1 Å². The zero-order valence-corrected chi connectivity index (χ0v) is 11.8. The minimum absolute atomic E-state index is 0.484. The molecule has 0 bridgehead atoms. The Kier molecular flexibility index (Phi) is 5.18. The van der Waals surface area contributed by atoms with E-state index in [1.807, 2.05) is 0 Å². The number of ether oxygens (including phenoxy) is 1. The summed E-state index contributed by atoms with van der Waals surface area (Å²) in [5, 5.41) is 8.78. The average molecular weight is 327 g/mol. The van der Waals surface area contributed by atoms with Gasteiger partial charge in [0.25, 0.3) is 0 Å². The Labute approximate surface area is 118 Å². The van der Waals surface area contributed by atoms with Gasteiger partial charge in [0.1, 0.15) is 6.04 Å². The molecule has 10 heteroatoms. The first kappa shape index (κ1) is 17.2. The van der Waals surface area contributed by atoms with Crippen LogP contribution in [0.4, 0.5) is 13.2 Å². The van der Waals surface area contributed by atoms with Crippen molar-refractivity contribution in [2.45, 2.75) is 24.5 Å². The van der Waals surface area contributed by atoms with Gasteiger partial charge in [0.05, 0.1) is 4.90 Å². The molecule has 0 aliphatic heterocycles. The first-order valence-electron chi connectivity index (χ1n) is 5.52. The van der Waals surface area contributed by atoms with Crippen LogP contribution in [0.1, 0.15) is 6.92 Å². The standard InChI is InChI=1S/C11H12F3NO5S/c1-6(10(16)17)15(2)21(18,19)7-3-4-9(8(12)5-7)20-11(13)14/h3-6,11H,1-2H3,(H,16,17). The second kappa shape index (κ2) is 6.31. The van der Waals surface area contributed by atoms with Crippen LogP contribution < -0.4 is 4.74 Å². The van der Waals surface area contributed by atoms with E-state index in [2.05, 4.69) is 4.74 Å². The summed E-state index contributed by atoms with van der Waals surface area (Å²) >= 11 is 0. The van der Waals surface area contributed by atoms with E-state index in [0.717, 1.165) is 26.1 Å². The van der Waals surface area contributed by atoms with E-state index in [-0.39, 0.29) is 0 Å². The zero-order valence-electron chi connectivity index (χ0n) is 11.0. The molecule has 1 unspecified atom stereocenters. The van der Waals surface area contributed by atoms with Gasteiger partial charge in [-0.2, -0.15) is 13.1 Å². The van der Waals surface area contributed by atoms with Crippen molar-refractivity contribution in [2.75, 3.05) is 7.05 Å². The molecular formula is C11H12F3NO5S. The van der Waals surface area contributed by atoms with Crippen LogP contribution in [-0.4, -0.2) is 43.5 Å². The SMILES string of the molecule is CC(C(=O)O)N(C)S(=O)(=O)c1ccc(OC(F)F)c(F)c1. The number of carboxylic acids is 1. The van der Waals surface area contributed by atoms with Gasteiger partial charge in [0.15, 0.2) is 11.6 Å². The van der Waals surface area contributed by atoms with E-state index in [1.165, 1.54) is 0 Å². The Morgan fingerprint density at radius 3 is 2.38 bits per heavy atom. The summed E-state index contributed by atoms with van der Waals surface area (Å²) in [6.45, 7) is -2.12. The van der Waals surface area contributed by atoms with Crippen LogP contribution in [0.3, 0.4) is 0 Å². The van der Waals surface area contributed by atoms with Crippen LogP contribution in [0.5, 0.6) is 5.75 Å². The van der Waals surface area contributed by atoms with Crippen molar-refractivity contribution in [1.82, 2.24) is 4.31 Å². The molecule has 0 aliphatic rings. The summed E-state index contributed by atoms with van der Waals surface area (Å²) < 4.78 is 66.0. The van der Waals surface area contributed by atoms with Crippen molar-refractivity contribution in [3.05, 3.63) is 24.0 Å². The fourth-order valence-electron chi connectivity index (χ4n) is 1.36. The number of carbonyl (C=O) groups is 1. The first-order valence-corrected chi connectivity index (χ1v) is 6.96. The highest BCUT2D eigenvalue weighted by Gasteiger charge is 2.30. The third kappa shape index (κ3) is 3.85. The minimum atomic E-state index is -4.28. The Bertz CT molecular complexity index is 635. The molecule has 0 heterocycles. The van der Waals surface area contributed by atoms with Gasteiger partial charge in [0.2, 0.25) is 10.0 Å². The predicted molar refractivity (Wildman–Crippen MR) is 65.1 cm³/mol. The highest BCUT2D eigenvalue weighted by molar-refractivity contribution is 7.89. The quantitative estimate of drug-likeness (QED) is 0.856. The Morgan fingerprint density at radius 1 is 1.38 bits per heavy atom. The van der Waals surface area contributed by atoms with Gasteiger partial charge >= 0.3 is 12.6 Å². The fourth-order valence-corrected chi connectivity index (χ4v) is 2.69. The molecule has 1 atom stereocenters. The number of aliphatic carboxylic acids is 1. The average Bonchev–Trinajstić information content (AvgIpc) is 2.38. The molecule has 0 spiro atoms. The van der Waals surface area contributed by atoms with Gasteiger partial charge in [-0.25, -0.2) is 12.8 Å². The molecule has 1 rings (SSSR count). The summed E-state index contributed by atoms with van der Waals surface area (Å²) in [5.41, 5.74) is 0. The molecule has 0 amide bonds. The molecule has 0 saturated heterocycles.